The van der Waals surface area contributed by atoms with Gasteiger partial charge in [0.25, 0.3) is 0 Å². The molecule has 1 fully saturated rings. The van der Waals surface area contributed by atoms with Crippen LogP contribution < -0.4 is 0 Å². The van der Waals surface area contributed by atoms with E-state index in [1.807, 2.05) is 0 Å². The first-order valence-corrected chi connectivity index (χ1v) is 5.77. The van der Waals surface area contributed by atoms with Crippen molar-refractivity contribution in [2.45, 2.75) is 32.1 Å². The summed E-state index contributed by atoms with van der Waals surface area (Å²) in [4.78, 5) is 17.7. The molecule has 88 valence electrons. The molecule has 2 heterocycles. The smallest absolute Gasteiger partial charge is 0.197 e. The second-order valence-electron chi connectivity index (χ2n) is 4.63. The SMILES string of the molecule is CC(=O)Cc1coc(C2CCN(C)CC2)n1. The second-order valence-corrected chi connectivity index (χ2v) is 4.63. The third-order valence-electron chi connectivity index (χ3n) is 3.07. The van der Waals surface area contributed by atoms with Crippen LogP contribution in [0, 0.1) is 0 Å². The van der Waals surface area contributed by atoms with Crippen molar-refractivity contribution in [3.63, 3.8) is 0 Å². The van der Waals surface area contributed by atoms with Gasteiger partial charge in [0, 0.05) is 5.92 Å². The maximum Gasteiger partial charge on any atom is 0.197 e. The minimum Gasteiger partial charge on any atom is -0.448 e. The molecule has 0 amide bonds. The summed E-state index contributed by atoms with van der Waals surface area (Å²) < 4.78 is 5.46. The van der Waals surface area contributed by atoms with E-state index in [0.29, 0.717) is 12.3 Å². The molecule has 0 saturated carbocycles. The fourth-order valence-electron chi connectivity index (χ4n) is 2.10. The first-order chi connectivity index (χ1) is 7.65. The monoisotopic (exact) mass is 222 g/mol. The molecule has 0 aromatic carbocycles. The molecule has 1 aromatic heterocycles. The number of carbonyl (C=O) groups is 1. The molecule has 0 unspecified atom stereocenters. The molecule has 1 aromatic rings. The highest BCUT2D eigenvalue weighted by Crippen LogP contribution is 2.26. The van der Waals surface area contributed by atoms with Crippen molar-refractivity contribution in [1.29, 1.82) is 0 Å². The topological polar surface area (TPSA) is 46.3 Å². The van der Waals surface area contributed by atoms with Gasteiger partial charge in [-0.2, -0.15) is 0 Å². The maximum atomic E-state index is 11.0. The molecular formula is C12H18N2O2. The summed E-state index contributed by atoms with van der Waals surface area (Å²) >= 11 is 0. The molecule has 0 atom stereocenters. The highest BCUT2D eigenvalue weighted by molar-refractivity contribution is 5.77. The fraction of sp³-hybridized carbons (Fsp3) is 0.667. The van der Waals surface area contributed by atoms with Crippen LogP contribution in [0.5, 0.6) is 0 Å². The van der Waals surface area contributed by atoms with E-state index in [1.54, 1.807) is 13.2 Å². The van der Waals surface area contributed by atoms with E-state index in [0.717, 1.165) is 37.5 Å². The first kappa shape index (κ1) is 11.3. The maximum absolute atomic E-state index is 11.0. The zero-order valence-corrected chi connectivity index (χ0v) is 9.90. The molecule has 0 bridgehead atoms. The number of Topliss-reactive ketones (excluding diaryl/α,β-unsaturated/α-hetero) is 1. The lowest BCUT2D eigenvalue weighted by atomic mass is 9.97. The van der Waals surface area contributed by atoms with E-state index in [9.17, 15) is 4.79 Å². The standard InChI is InChI=1S/C12H18N2O2/c1-9(15)7-11-8-16-12(13-11)10-3-5-14(2)6-4-10/h8,10H,3-7H2,1-2H3. The summed E-state index contributed by atoms with van der Waals surface area (Å²) in [6, 6.07) is 0. The molecule has 2 rings (SSSR count). The number of oxazole rings is 1. The predicted molar refractivity (Wildman–Crippen MR) is 60.4 cm³/mol. The molecule has 0 radical (unpaired) electrons. The summed E-state index contributed by atoms with van der Waals surface area (Å²) in [5.41, 5.74) is 0.765. The summed E-state index contributed by atoms with van der Waals surface area (Å²) in [5.74, 6) is 1.37. The van der Waals surface area contributed by atoms with Crippen molar-refractivity contribution in [3.05, 3.63) is 17.8 Å². The average molecular weight is 222 g/mol. The predicted octanol–water partition coefficient (Wildman–Crippen LogP) is 1.62. The van der Waals surface area contributed by atoms with Crippen LogP contribution in [-0.2, 0) is 11.2 Å². The number of hydrogen-bond donors (Lipinski definition) is 0. The van der Waals surface area contributed by atoms with Crippen molar-refractivity contribution in [2.75, 3.05) is 20.1 Å². The Balaban J connectivity index is 1.99. The fourth-order valence-corrected chi connectivity index (χ4v) is 2.10. The largest absolute Gasteiger partial charge is 0.448 e. The van der Waals surface area contributed by atoms with Crippen molar-refractivity contribution in [3.8, 4) is 0 Å². The highest BCUT2D eigenvalue weighted by Gasteiger charge is 2.22. The van der Waals surface area contributed by atoms with E-state index in [2.05, 4.69) is 16.9 Å². The summed E-state index contributed by atoms with van der Waals surface area (Å²) in [6.07, 6.45) is 4.19. The third-order valence-corrected chi connectivity index (χ3v) is 3.07. The van der Waals surface area contributed by atoms with Gasteiger partial charge in [0.2, 0.25) is 0 Å². The van der Waals surface area contributed by atoms with Crippen LogP contribution in [0.1, 0.15) is 37.3 Å². The van der Waals surface area contributed by atoms with E-state index < -0.39 is 0 Å². The zero-order chi connectivity index (χ0) is 11.5. The molecule has 16 heavy (non-hydrogen) atoms. The molecule has 1 aliphatic rings. The van der Waals surface area contributed by atoms with E-state index in [4.69, 9.17) is 4.42 Å². The van der Waals surface area contributed by atoms with Crippen LogP contribution in [0.3, 0.4) is 0 Å². The van der Waals surface area contributed by atoms with Gasteiger partial charge in [-0.1, -0.05) is 0 Å². The normalized spacial score (nSPS) is 18.9. The van der Waals surface area contributed by atoms with Gasteiger partial charge in [-0.05, 0) is 39.9 Å². The number of hydrogen-bond acceptors (Lipinski definition) is 4. The Hall–Kier alpha value is -1.16. The third kappa shape index (κ3) is 2.70. The minimum absolute atomic E-state index is 0.128. The second kappa shape index (κ2) is 4.78. The van der Waals surface area contributed by atoms with Crippen molar-refractivity contribution in [2.24, 2.45) is 0 Å². The van der Waals surface area contributed by atoms with Gasteiger partial charge in [-0.3, -0.25) is 4.79 Å². The first-order valence-electron chi connectivity index (χ1n) is 5.77. The molecule has 4 heteroatoms. The average Bonchev–Trinajstić information content (AvgIpc) is 2.66. The van der Waals surface area contributed by atoms with Crippen LogP contribution in [0.4, 0.5) is 0 Å². The van der Waals surface area contributed by atoms with Crippen LogP contribution in [0.15, 0.2) is 10.7 Å². The van der Waals surface area contributed by atoms with E-state index >= 15 is 0 Å². The van der Waals surface area contributed by atoms with E-state index in [-0.39, 0.29) is 5.78 Å². The molecule has 4 nitrogen and oxygen atoms in total. The number of aromatic nitrogens is 1. The number of rotatable bonds is 3. The number of carbonyl (C=O) groups excluding carboxylic acids is 1. The molecule has 1 aliphatic heterocycles. The number of nitrogens with zero attached hydrogens (tertiary/aromatic N) is 2. The van der Waals surface area contributed by atoms with Gasteiger partial charge >= 0.3 is 0 Å². The zero-order valence-electron chi connectivity index (χ0n) is 9.90. The van der Waals surface area contributed by atoms with Gasteiger partial charge < -0.3 is 9.32 Å². The Morgan fingerprint density at radius 1 is 1.56 bits per heavy atom. The Kier molecular flexibility index (Phi) is 3.39. The molecule has 0 N–H and O–H groups in total. The van der Waals surface area contributed by atoms with Crippen LogP contribution in [0.2, 0.25) is 0 Å². The lowest BCUT2D eigenvalue weighted by molar-refractivity contribution is -0.116. The molecule has 1 saturated heterocycles. The molecule has 0 aliphatic carbocycles. The van der Waals surface area contributed by atoms with Crippen molar-refractivity contribution >= 4 is 5.78 Å². The van der Waals surface area contributed by atoms with Crippen molar-refractivity contribution < 1.29 is 9.21 Å². The number of piperidine rings is 1. The Morgan fingerprint density at radius 2 is 2.25 bits per heavy atom. The van der Waals surface area contributed by atoms with Gasteiger partial charge in [0.05, 0.1) is 12.1 Å². The Morgan fingerprint density at radius 3 is 2.88 bits per heavy atom. The minimum atomic E-state index is 0.128. The van der Waals surface area contributed by atoms with E-state index in [1.165, 1.54) is 0 Å². The molecular weight excluding hydrogens is 204 g/mol. The van der Waals surface area contributed by atoms with Gasteiger partial charge in [0.1, 0.15) is 12.0 Å². The quantitative estimate of drug-likeness (QED) is 0.779. The highest BCUT2D eigenvalue weighted by atomic mass is 16.3. The lowest BCUT2D eigenvalue weighted by Crippen LogP contribution is -2.29. The van der Waals surface area contributed by atoms with Gasteiger partial charge in [0.15, 0.2) is 5.89 Å². The summed E-state index contributed by atoms with van der Waals surface area (Å²) in [5, 5.41) is 0. The van der Waals surface area contributed by atoms with Crippen LogP contribution in [0.25, 0.3) is 0 Å². The summed E-state index contributed by atoms with van der Waals surface area (Å²) in [6.45, 7) is 3.76. The Labute approximate surface area is 95.6 Å². The lowest BCUT2D eigenvalue weighted by Gasteiger charge is -2.26. The Bertz CT molecular complexity index is 365. The number of ketones is 1. The van der Waals surface area contributed by atoms with Crippen LogP contribution >= 0.6 is 0 Å². The van der Waals surface area contributed by atoms with Gasteiger partial charge in [-0.25, -0.2) is 4.98 Å². The van der Waals surface area contributed by atoms with Crippen molar-refractivity contribution in [1.82, 2.24) is 9.88 Å². The summed E-state index contributed by atoms with van der Waals surface area (Å²) in [7, 11) is 2.13. The molecule has 0 spiro atoms. The van der Waals surface area contributed by atoms with Crippen LogP contribution in [-0.4, -0.2) is 35.8 Å². The van der Waals surface area contributed by atoms with Gasteiger partial charge in [-0.15, -0.1) is 0 Å². The number of likely N-dealkylation sites (tertiary alicyclic amines) is 1.